The maximum atomic E-state index is 11.8. The Balaban J connectivity index is 2.71. The third kappa shape index (κ3) is 3.26. The molecule has 0 fully saturated rings. The molecular formula is C12H18OS. The molecule has 0 amide bonds. The predicted molar refractivity (Wildman–Crippen MR) is 62.8 cm³/mol. The molecule has 0 N–H and O–H groups in total. The van der Waals surface area contributed by atoms with Crippen molar-refractivity contribution in [1.82, 2.24) is 0 Å². The molecule has 1 unspecified atom stereocenters. The van der Waals surface area contributed by atoms with Gasteiger partial charge in [-0.05, 0) is 33.3 Å². The van der Waals surface area contributed by atoms with Crippen LogP contribution in [0.15, 0.2) is 24.3 Å². The van der Waals surface area contributed by atoms with Crippen molar-refractivity contribution < 1.29 is 4.21 Å². The molecule has 0 aromatic heterocycles. The number of rotatable bonds is 2. The van der Waals surface area contributed by atoms with E-state index in [1.54, 1.807) is 0 Å². The van der Waals surface area contributed by atoms with Crippen LogP contribution in [0, 0.1) is 6.92 Å². The first-order valence-electron chi connectivity index (χ1n) is 4.83. The fourth-order valence-corrected chi connectivity index (χ4v) is 1.98. The van der Waals surface area contributed by atoms with Gasteiger partial charge >= 0.3 is 0 Å². The molecule has 1 rings (SSSR count). The highest BCUT2D eigenvalue weighted by Crippen LogP contribution is 2.16. The van der Waals surface area contributed by atoms with Crippen molar-refractivity contribution in [2.75, 3.05) is 0 Å². The van der Waals surface area contributed by atoms with Crippen LogP contribution in [0.1, 0.15) is 31.9 Å². The molecule has 0 aliphatic rings. The Labute approximate surface area is 89.0 Å². The van der Waals surface area contributed by atoms with E-state index in [-0.39, 0.29) is 4.75 Å². The summed E-state index contributed by atoms with van der Waals surface area (Å²) in [6.07, 6.45) is 0. The second-order valence-corrected chi connectivity index (χ2v) is 6.79. The van der Waals surface area contributed by atoms with E-state index in [2.05, 4.69) is 31.2 Å². The van der Waals surface area contributed by atoms with Gasteiger partial charge in [0.25, 0.3) is 0 Å². The molecular weight excluding hydrogens is 192 g/mol. The summed E-state index contributed by atoms with van der Waals surface area (Å²) in [5.74, 6) is 0.657. The maximum absolute atomic E-state index is 11.8. The summed E-state index contributed by atoms with van der Waals surface area (Å²) >= 11 is 0. The van der Waals surface area contributed by atoms with Crippen LogP contribution < -0.4 is 0 Å². The van der Waals surface area contributed by atoms with E-state index in [9.17, 15) is 4.21 Å². The van der Waals surface area contributed by atoms with E-state index in [1.165, 1.54) is 5.56 Å². The molecule has 0 radical (unpaired) electrons. The molecule has 0 saturated carbocycles. The molecule has 0 heterocycles. The van der Waals surface area contributed by atoms with Gasteiger partial charge in [-0.2, -0.15) is 0 Å². The molecule has 14 heavy (non-hydrogen) atoms. The van der Waals surface area contributed by atoms with Crippen molar-refractivity contribution in [3.63, 3.8) is 0 Å². The van der Waals surface area contributed by atoms with Crippen LogP contribution >= 0.6 is 0 Å². The van der Waals surface area contributed by atoms with E-state index in [0.29, 0.717) is 5.75 Å². The van der Waals surface area contributed by atoms with Gasteiger partial charge in [-0.25, -0.2) is 0 Å². The number of hydrogen-bond acceptors (Lipinski definition) is 1. The lowest BCUT2D eigenvalue weighted by atomic mass is 10.2. The second kappa shape index (κ2) is 4.26. The quantitative estimate of drug-likeness (QED) is 0.733. The highest BCUT2D eigenvalue weighted by molar-refractivity contribution is 7.85. The third-order valence-corrected chi connectivity index (χ3v) is 4.06. The summed E-state index contributed by atoms with van der Waals surface area (Å²) in [5, 5.41) is 0. The molecule has 0 aliphatic heterocycles. The molecule has 0 aliphatic carbocycles. The van der Waals surface area contributed by atoms with Crippen molar-refractivity contribution in [2.45, 2.75) is 38.2 Å². The molecule has 78 valence electrons. The Morgan fingerprint density at radius 2 is 1.64 bits per heavy atom. The highest BCUT2D eigenvalue weighted by Gasteiger charge is 2.19. The summed E-state index contributed by atoms with van der Waals surface area (Å²) in [6.45, 7) is 8.09. The molecule has 1 atom stereocenters. The first-order valence-corrected chi connectivity index (χ1v) is 6.15. The predicted octanol–water partition coefficient (Wildman–Crippen LogP) is 3.04. The fraction of sp³-hybridized carbons (Fsp3) is 0.500. The average molecular weight is 210 g/mol. The lowest BCUT2D eigenvalue weighted by Gasteiger charge is -2.17. The monoisotopic (exact) mass is 210 g/mol. The normalized spacial score (nSPS) is 14.0. The van der Waals surface area contributed by atoms with Crippen molar-refractivity contribution in [1.29, 1.82) is 0 Å². The first kappa shape index (κ1) is 11.4. The molecule has 1 aromatic rings. The maximum Gasteiger partial charge on any atom is 0.0490 e. The zero-order valence-corrected chi connectivity index (χ0v) is 10.1. The van der Waals surface area contributed by atoms with Gasteiger partial charge in [0.15, 0.2) is 0 Å². The Morgan fingerprint density at radius 3 is 2.07 bits per heavy atom. The minimum absolute atomic E-state index is 0.120. The van der Waals surface area contributed by atoms with Crippen LogP contribution in [0.25, 0.3) is 0 Å². The minimum Gasteiger partial charge on any atom is -0.259 e. The van der Waals surface area contributed by atoms with Gasteiger partial charge in [-0.15, -0.1) is 0 Å². The molecule has 0 saturated heterocycles. The van der Waals surface area contributed by atoms with Crippen LogP contribution in [0.5, 0.6) is 0 Å². The molecule has 2 heteroatoms. The average Bonchev–Trinajstić information content (AvgIpc) is 2.07. The number of hydrogen-bond donors (Lipinski definition) is 0. The smallest absolute Gasteiger partial charge is 0.0490 e. The van der Waals surface area contributed by atoms with Gasteiger partial charge in [-0.1, -0.05) is 29.8 Å². The van der Waals surface area contributed by atoms with Crippen LogP contribution in [0.3, 0.4) is 0 Å². The zero-order chi connectivity index (χ0) is 10.8. The van der Waals surface area contributed by atoms with Crippen LogP contribution in [0.2, 0.25) is 0 Å². The third-order valence-electron chi connectivity index (χ3n) is 2.10. The summed E-state index contributed by atoms with van der Waals surface area (Å²) in [7, 11) is -0.795. The summed E-state index contributed by atoms with van der Waals surface area (Å²) in [4.78, 5) is 0. The summed E-state index contributed by atoms with van der Waals surface area (Å²) < 4.78 is 11.7. The lowest BCUT2D eigenvalue weighted by molar-refractivity contribution is 0.648. The van der Waals surface area contributed by atoms with E-state index in [1.807, 2.05) is 20.8 Å². The van der Waals surface area contributed by atoms with Gasteiger partial charge in [0.2, 0.25) is 0 Å². The summed E-state index contributed by atoms with van der Waals surface area (Å²) in [6, 6.07) is 8.24. The fourth-order valence-electron chi connectivity index (χ4n) is 1.05. The Bertz CT molecular complexity index is 319. The van der Waals surface area contributed by atoms with E-state index >= 15 is 0 Å². The van der Waals surface area contributed by atoms with Crippen molar-refractivity contribution >= 4 is 10.8 Å². The standard InChI is InChI=1S/C12H18OS/c1-10-5-7-11(8-6-10)9-14(13)12(2,3)4/h5-8H,9H2,1-4H3. The van der Waals surface area contributed by atoms with Gasteiger partial charge in [0.05, 0.1) is 0 Å². The van der Waals surface area contributed by atoms with Crippen LogP contribution in [-0.2, 0) is 16.6 Å². The van der Waals surface area contributed by atoms with E-state index in [0.717, 1.165) is 5.56 Å². The minimum atomic E-state index is -0.795. The number of benzene rings is 1. The second-order valence-electron chi connectivity index (χ2n) is 4.59. The van der Waals surface area contributed by atoms with Gasteiger partial charge in [-0.3, -0.25) is 4.21 Å². The lowest BCUT2D eigenvalue weighted by Crippen LogP contribution is -2.22. The van der Waals surface area contributed by atoms with Gasteiger partial charge in [0, 0.05) is 21.3 Å². The molecule has 0 spiro atoms. The molecule has 1 nitrogen and oxygen atoms in total. The Kier molecular flexibility index (Phi) is 3.48. The topological polar surface area (TPSA) is 17.1 Å². The van der Waals surface area contributed by atoms with Crippen molar-refractivity contribution in [3.05, 3.63) is 35.4 Å². The van der Waals surface area contributed by atoms with Crippen LogP contribution in [0.4, 0.5) is 0 Å². The van der Waals surface area contributed by atoms with E-state index in [4.69, 9.17) is 0 Å². The SMILES string of the molecule is Cc1ccc(CS(=O)C(C)(C)C)cc1. The molecule has 1 aromatic carbocycles. The number of aryl methyl sites for hydroxylation is 1. The van der Waals surface area contributed by atoms with Gasteiger partial charge in [0.1, 0.15) is 0 Å². The first-order chi connectivity index (χ1) is 6.39. The Morgan fingerprint density at radius 1 is 1.14 bits per heavy atom. The highest BCUT2D eigenvalue weighted by atomic mass is 32.2. The zero-order valence-electron chi connectivity index (χ0n) is 9.33. The molecule has 0 bridgehead atoms. The van der Waals surface area contributed by atoms with Gasteiger partial charge < -0.3 is 0 Å². The van der Waals surface area contributed by atoms with Crippen molar-refractivity contribution in [3.8, 4) is 0 Å². The van der Waals surface area contributed by atoms with Crippen LogP contribution in [-0.4, -0.2) is 8.96 Å². The van der Waals surface area contributed by atoms with Crippen molar-refractivity contribution in [2.24, 2.45) is 0 Å². The van der Waals surface area contributed by atoms with E-state index < -0.39 is 10.8 Å². The summed E-state index contributed by atoms with van der Waals surface area (Å²) in [5.41, 5.74) is 2.40. The largest absolute Gasteiger partial charge is 0.259 e. The Hall–Kier alpha value is -0.630.